The SMILES string of the molecule is CCS(=O)(=O)Nc1ccc(C(=O)N2CCCC(CN3CCCCC3)C2)cc1.O=C(O)C(F)(F)F. The second-order valence-electron chi connectivity index (χ2n) is 8.51. The summed E-state index contributed by atoms with van der Waals surface area (Å²) in [6, 6.07) is 6.75. The van der Waals surface area contributed by atoms with Crippen LogP contribution in [0.1, 0.15) is 49.4 Å². The van der Waals surface area contributed by atoms with Crippen molar-refractivity contribution in [2.24, 2.45) is 5.92 Å². The number of carboxylic acid groups (broad SMARTS) is 1. The van der Waals surface area contributed by atoms with Gasteiger partial charge in [0, 0.05) is 30.9 Å². The van der Waals surface area contributed by atoms with Gasteiger partial charge in [0.15, 0.2) is 0 Å². The van der Waals surface area contributed by atoms with Crippen LogP contribution in [0.2, 0.25) is 0 Å². The normalized spacial score (nSPS) is 19.6. The van der Waals surface area contributed by atoms with E-state index in [9.17, 15) is 26.4 Å². The molecule has 0 aliphatic carbocycles. The van der Waals surface area contributed by atoms with Crippen LogP contribution in [0.4, 0.5) is 18.9 Å². The number of hydrogen-bond acceptors (Lipinski definition) is 5. The van der Waals surface area contributed by atoms with Crippen molar-refractivity contribution in [3.05, 3.63) is 29.8 Å². The molecule has 2 aliphatic heterocycles. The predicted octanol–water partition coefficient (Wildman–Crippen LogP) is 3.42. The minimum Gasteiger partial charge on any atom is -0.475 e. The molecule has 1 aromatic carbocycles. The smallest absolute Gasteiger partial charge is 0.475 e. The Morgan fingerprint density at radius 3 is 2.18 bits per heavy atom. The van der Waals surface area contributed by atoms with Crippen LogP contribution >= 0.6 is 0 Å². The quantitative estimate of drug-likeness (QED) is 0.611. The van der Waals surface area contributed by atoms with Gasteiger partial charge < -0.3 is 14.9 Å². The number of amides is 1. The minimum absolute atomic E-state index is 0.0276. The lowest BCUT2D eigenvalue weighted by molar-refractivity contribution is -0.192. The number of nitrogens with zero attached hydrogens (tertiary/aromatic N) is 2. The fourth-order valence-corrected chi connectivity index (χ4v) is 4.66. The van der Waals surface area contributed by atoms with Crippen molar-refractivity contribution in [3.63, 3.8) is 0 Å². The van der Waals surface area contributed by atoms with Gasteiger partial charge >= 0.3 is 12.1 Å². The lowest BCUT2D eigenvalue weighted by Gasteiger charge is -2.37. The largest absolute Gasteiger partial charge is 0.490 e. The molecule has 8 nitrogen and oxygen atoms in total. The summed E-state index contributed by atoms with van der Waals surface area (Å²) in [5, 5.41) is 7.12. The minimum atomic E-state index is -5.08. The summed E-state index contributed by atoms with van der Waals surface area (Å²) >= 11 is 0. The summed E-state index contributed by atoms with van der Waals surface area (Å²) in [5.41, 5.74) is 1.11. The lowest BCUT2D eigenvalue weighted by atomic mass is 9.96. The maximum Gasteiger partial charge on any atom is 0.490 e. The first kappa shape index (κ1) is 27.9. The molecular weight excluding hydrogens is 475 g/mol. The zero-order valence-corrected chi connectivity index (χ0v) is 20.0. The van der Waals surface area contributed by atoms with E-state index in [0.29, 0.717) is 17.2 Å². The molecule has 34 heavy (non-hydrogen) atoms. The molecular formula is C22H32F3N3O5S. The summed E-state index contributed by atoms with van der Waals surface area (Å²) in [6.07, 6.45) is 1.10. The van der Waals surface area contributed by atoms with E-state index >= 15 is 0 Å². The Hall–Kier alpha value is -2.34. The molecule has 0 radical (unpaired) electrons. The molecule has 2 saturated heterocycles. The average molecular weight is 508 g/mol. The number of aliphatic carboxylic acids is 1. The van der Waals surface area contributed by atoms with Gasteiger partial charge in [-0.25, -0.2) is 13.2 Å². The second kappa shape index (κ2) is 12.4. The molecule has 1 atom stereocenters. The Morgan fingerprint density at radius 1 is 1.06 bits per heavy atom. The van der Waals surface area contributed by atoms with Crippen molar-refractivity contribution in [2.45, 2.75) is 45.2 Å². The van der Waals surface area contributed by atoms with E-state index in [1.165, 1.54) is 38.8 Å². The van der Waals surface area contributed by atoms with E-state index in [-0.39, 0.29) is 11.7 Å². The number of carbonyl (C=O) groups excluding carboxylic acids is 1. The fourth-order valence-electron chi connectivity index (χ4n) is 4.02. The molecule has 1 unspecified atom stereocenters. The molecule has 0 bridgehead atoms. The number of nitrogens with one attached hydrogen (secondary N) is 1. The first-order valence-corrected chi connectivity index (χ1v) is 13.0. The highest BCUT2D eigenvalue weighted by Crippen LogP contribution is 2.22. The van der Waals surface area contributed by atoms with Crippen molar-refractivity contribution in [3.8, 4) is 0 Å². The first-order valence-electron chi connectivity index (χ1n) is 11.3. The summed E-state index contributed by atoms with van der Waals surface area (Å²) in [6.45, 7) is 6.71. The van der Waals surface area contributed by atoms with Crippen LogP contribution in [0.3, 0.4) is 0 Å². The highest BCUT2D eigenvalue weighted by Gasteiger charge is 2.38. The summed E-state index contributed by atoms with van der Waals surface area (Å²) < 4.78 is 57.5. The zero-order valence-electron chi connectivity index (χ0n) is 19.2. The van der Waals surface area contributed by atoms with Crippen molar-refractivity contribution >= 4 is 27.6 Å². The first-order chi connectivity index (χ1) is 15.9. The number of halogens is 3. The molecule has 192 valence electrons. The number of rotatable bonds is 6. The van der Waals surface area contributed by atoms with Gasteiger partial charge in [0.1, 0.15) is 0 Å². The van der Waals surface area contributed by atoms with Gasteiger partial charge in [0.25, 0.3) is 5.91 Å². The molecule has 0 saturated carbocycles. The van der Waals surface area contributed by atoms with Crippen LogP contribution in [0.15, 0.2) is 24.3 Å². The average Bonchev–Trinajstić information content (AvgIpc) is 2.79. The van der Waals surface area contributed by atoms with E-state index < -0.39 is 22.2 Å². The fraction of sp³-hybridized carbons (Fsp3) is 0.636. The van der Waals surface area contributed by atoms with Gasteiger partial charge in [-0.3, -0.25) is 9.52 Å². The number of hydrogen-bond donors (Lipinski definition) is 2. The maximum absolute atomic E-state index is 12.9. The van der Waals surface area contributed by atoms with Crippen molar-refractivity contribution < 1.29 is 36.3 Å². The Bertz CT molecular complexity index is 917. The second-order valence-corrected chi connectivity index (χ2v) is 10.5. The van der Waals surface area contributed by atoms with Crippen molar-refractivity contribution in [1.29, 1.82) is 0 Å². The number of sulfonamides is 1. The summed E-state index contributed by atoms with van der Waals surface area (Å²) in [7, 11) is -3.30. The van der Waals surface area contributed by atoms with E-state index in [1.807, 2.05) is 4.90 Å². The van der Waals surface area contributed by atoms with Gasteiger partial charge in [0.05, 0.1) is 5.75 Å². The van der Waals surface area contributed by atoms with Crippen LogP contribution in [0.25, 0.3) is 0 Å². The number of carboxylic acids is 1. The number of piperidine rings is 2. The van der Waals surface area contributed by atoms with E-state index in [1.54, 1.807) is 31.2 Å². The Kier molecular flexibility index (Phi) is 10.2. The Balaban J connectivity index is 0.000000509. The van der Waals surface area contributed by atoms with Crippen molar-refractivity contribution in [1.82, 2.24) is 9.80 Å². The van der Waals surface area contributed by atoms with Gasteiger partial charge in [-0.1, -0.05) is 6.42 Å². The number of likely N-dealkylation sites (tertiary alicyclic amines) is 2. The molecule has 2 aliphatic rings. The molecule has 2 N–H and O–H groups in total. The number of carbonyl (C=O) groups is 2. The van der Waals surface area contributed by atoms with Crippen LogP contribution in [-0.2, 0) is 14.8 Å². The van der Waals surface area contributed by atoms with Crippen LogP contribution in [0.5, 0.6) is 0 Å². The Labute approximate surface area is 198 Å². The number of anilines is 1. The van der Waals surface area contributed by atoms with E-state index in [2.05, 4.69) is 9.62 Å². The van der Waals surface area contributed by atoms with Gasteiger partial charge in [-0.15, -0.1) is 0 Å². The molecule has 1 amide bonds. The molecule has 1 aromatic rings. The lowest BCUT2D eigenvalue weighted by Crippen LogP contribution is -2.44. The zero-order chi connectivity index (χ0) is 25.4. The van der Waals surface area contributed by atoms with E-state index in [0.717, 1.165) is 26.1 Å². The maximum atomic E-state index is 12.9. The van der Waals surface area contributed by atoms with Crippen LogP contribution < -0.4 is 4.72 Å². The third-order valence-electron chi connectivity index (χ3n) is 5.80. The predicted molar refractivity (Wildman–Crippen MR) is 122 cm³/mol. The molecule has 0 spiro atoms. The topological polar surface area (TPSA) is 107 Å². The highest BCUT2D eigenvalue weighted by atomic mass is 32.2. The molecule has 12 heteroatoms. The third-order valence-corrected chi connectivity index (χ3v) is 7.11. The third kappa shape index (κ3) is 9.13. The van der Waals surface area contributed by atoms with Gasteiger partial charge in [-0.2, -0.15) is 13.2 Å². The van der Waals surface area contributed by atoms with Crippen LogP contribution in [-0.4, -0.2) is 79.9 Å². The van der Waals surface area contributed by atoms with Gasteiger partial charge in [-0.05, 0) is 75.9 Å². The Morgan fingerprint density at radius 2 is 1.65 bits per heavy atom. The van der Waals surface area contributed by atoms with Gasteiger partial charge in [0.2, 0.25) is 10.0 Å². The standard InChI is InChI=1S/C20H31N3O3S.C2HF3O2/c1-2-27(25,26)21-19-10-8-18(9-11-19)20(24)23-14-6-7-17(16-23)15-22-12-4-3-5-13-22;3-2(4,5)1(6)7/h8-11,17,21H,2-7,12-16H2,1H3;(H,6,7). The summed E-state index contributed by atoms with van der Waals surface area (Å²) in [5.74, 6) is -2.13. The highest BCUT2D eigenvalue weighted by molar-refractivity contribution is 7.92. The molecule has 2 fully saturated rings. The number of alkyl halides is 3. The summed E-state index contributed by atoms with van der Waals surface area (Å²) in [4.78, 5) is 26.3. The monoisotopic (exact) mass is 507 g/mol. The molecule has 0 aromatic heterocycles. The van der Waals surface area contributed by atoms with Crippen molar-refractivity contribution in [2.75, 3.05) is 43.2 Å². The molecule has 2 heterocycles. The number of benzene rings is 1. The molecule has 3 rings (SSSR count). The van der Waals surface area contributed by atoms with Crippen LogP contribution in [0, 0.1) is 5.92 Å². The van der Waals surface area contributed by atoms with E-state index in [4.69, 9.17) is 9.90 Å².